The second kappa shape index (κ2) is 6.82. The zero-order valence-corrected chi connectivity index (χ0v) is 13.8. The van der Waals surface area contributed by atoms with Crippen molar-refractivity contribution >= 4 is 11.0 Å². The average molecular weight is 309 g/mol. The van der Waals surface area contributed by atoms with Crippen LogP contribution >= 0.6 is 0 Å². The van der Waals surface area contributed by atoms with Crippen molar-refractivity contribution in [2.24, 2.45) is 0 Å². The molecule has 1 heterocycles. The SMILES string of the molecule is CCCCCCc1ccc(C)c(-n2nc3ccccc3n2)c1O. The zero-order chi connectivity index (χ0) is 16.2. The summed E-state index contributed by atoms with van der Waals surface area (Å²) in [7, 11) is 0. The highest BCUT2D eigenvalue weighted by Gasteiger charge is 2.15. The summed E-state index contributed by atoms with van der Waals surface area (Å²) in [6.45, 7) is 4.18. The van der Waals surface area contributed by atoms with E-state index in [1.54, 1.807) is 4.80 Å². The molecule has 0 radical (unpaired) electrons. The summed E-state index contributed by atoms with van der Waals surface area (Å²) in [5.74, 6) is 0.307. The lowest BCUT2D eigenvalue weighted by Crippen LogP contribution is -2.03. The van der Waals surface area contributed by atoms with Crippen LogP contribution in [-0.2, 0) is 6.42 Å². The van der Waals surface area contributed by atoms with Crippen LogP contribution in [0.15, 0.2) is 36.4 Å². The monoisotopic (exact) mass is 309 g/mol. The minimum Gasteiger partial charge on any atom is -0.505 e. The van der Waals surface area contributed by atoms with Gasteiger partial charge in [0.2, 0.25) is 0 Å². The summed E-state index contributed by atoms with van der Waals surface area (Å²) >= 11 is 0. The summed E-state index contributed by atoms with van der Waals surface area (Å²) in [5.41, 5.74) is 4.30. The van der Waals surface area contributed by atoms with Gasteiger partial charge in [0.25, 0.3) is 0 Å². The van der Waals surface area contributed by atoms with Gasteiger partial charge in [0.1, 0.15) is 22.5 Å². The molecule has 0 unspecified atom stereocenters. The van der Waals surface area contributed by atoms with Gasteiger partial charge in [-0.2, -0.15) is 0 Å². The fourth-order valence-corrected chi connectivity index (χ4v) is 2.88. The molecule has 0 saturated carbocycles. The largest absolute Gasteiger partial charge is 0.505 e. The Bertz CT molecular complexity index is 774. The van der Waals surface area contributed by atoms with E-state index in [4.69, 9.17) is 0 Å². The van der Waals surface area contributed by atoms with Crippen molar-refractivity contribution < 1.29 is 5.11 Å². The standard InChI is InChI=1S/C19H23N3O/c1-3-4-5-6-9-15-13-12-14(2)18(19(15)23)22-20-16-10-7-8-11-17(16)21-22/h7-8,10-13,23H,3-6,9H2,1-2H3. The number of fused-ring (bicyclic) bond motifs is 1. The van der Waals surface area contributed by atoms with Gasteiger partial charge in [-0.3, -0.25) is 0 Å². The molecule has 23 heavy (non-hydrogen) atoms. The first-order chi connectivity index (χ1) is 11.2. The topological polar surface area (TPSA) is 50.9 Å². The van der Waals surface area contributed by atoms with Gasteiger partial charge in [0.15, 0.2) is 0 Å². The third-order valence-electron chi connectivity index (χ3n) is 4.22. The number of hydrogen-bond donors (Lipinski definition) is 1. The molecular weight excluding hydrogens is 286 g/mol. The molecule has 0 amide bonds. The van der Waals surface area contributed by atoms with E-state index >= 15 is 0 Å². The Morgan fingerprint density at radius 3 is 2.30 bits per heavy atom. The quantitative estimate of drug-likeness (QED) is 0.679. The molecule has 0 aliphatic rings. The van der Waals surface area contributed by atoms with Crippen molar-refractivity contribution in [1.82, 2.24) is 15.0 Å². The van der Waals surface area contributed by atoms with Crippen molar-refractivity contribution in [2.75, 3.05) is 0 Å². The van der Waals surface area contributed by atoms with Crippen LogP contribution in [0.4, 0.5) is 0 Å². The molecule has 0 spiro atoms. The fraction of sp³-hybridized carbons (Fsp3) is 0.368. The maximum atomic E-state index is 10.7. The second-order valence-electron chi connectivity index (χ2n) is 6.03. The van der Waals surface area contributed by atoms with E-state index in [1.165, 1.54) is 19.3 Å². The van der Waals surface area contributed by atoms with Crippen LogP contribution in [0.1, 0.15) is 43.7 Å². The van der Waals surface area contributed by atoms with E-state index < -0.39 is 0 Å². The van der Waals surface area contributed by atoms with Crippen LogP contribution in [0.2, 0.25) is 0 Å². The first-order valence-electron chi connectivity index (χ1n) is 8.34. The van der Waals surface area contributed by atoms with Crippen LogP contribution in [-0.4, -0.2) is 20.1 Å². The summed E-state index contributed by atoms with van der Waals surface area (Å²) in [5, 5.41) is 19.7. The molecule has 0 aliphatic carbocycles. The maximum Gasteiger partial charge on any atom is 0.146 e. The van der Waals surface area contributed by atoms with Gasteiger partial charge in [-0.05, 0) is 43.0 Å². The lowest BCUT2D eigenvalue weighted by atomic mass is 10.0. The summed E-state index contributed by atoms with van der Waals surface area (Å²) in [6.07, 6.45) is 5.64. The van der Waals surface area contributed by atoms with Gasteiger partial charge in [-0.15, -0.1) is 15.0 Å². The highest BCUT2D eigenvalue weighted by molar-refractivity contribution is 5.74. The molecule has 0 aliphatic heterocycles. The number of aryl methyl sites for hydroxylation is 2. The Labute approximate surface area is 136 Å². The molecule has 2 aromatic carbocycles. The number of rotatable bonds is 6. The predicted octanol–water partition coefficient (Wildman–Crippen LogP) is 4.56. The van der Waals surface area contributed by atoms with Gasteiger partial charge < -0.3 is 5.11 Å². The van der Waals surface area contributed by atoms with E-state index in [0.29, 0.717) is 11.4 Å². The first kappa shape index (κ1) is 15.5. The number of nitrogens with zero attached hydrogens (tertiary/aromatic N) is 3. The van der Waals surface area contributed by atoms with E-state index in [1.807, 2.05) is 43.3 Å². The number of benzene rings is 2. The van der Waals surface area contributed by atoms with E-state index in [2.05, 4.69) is 17.1 Å². The molecule has 4 heteroatoms. The van der Waals surface area contributed by atoms with E-state index in [9.17, 15) is 5.11 Å². The van der Waals surface area contributed by atoms with Crippen molar-refractivity contribution in [2.45, 2.75) is 46.0 Å². The number of aromatic hydroxyl groups is 1. The fourth-order valence-electron chi connectivity index (χ4n) is 2.88. The lowest BCUT2D eigenvalue weighted by molar-refractivity contribution is 0.458. The van der Waals surface area contributed by atoms with Crippen LogP contribution in [0.5, 0.6) is 5.75 Å². The Balaban J connectivity index is 1.94. The van der Waals surface area contributed by atoms with Crippen LogP contribution in [0.25, 0.3) is 16.7 Å². The Kier molecular flexibility index (Phi) is 4.60. The highest BCUT2D eigenvalue weighted by atomic mass is 16.3. The van der Waals surface area contributed by atoms with Crippen molar-refractivity contribution in [3.05, 3.63) is 47.5 Å². The molecule has 0 bridgehead atoms. The molecule has 1 aromatic heterocycles. The van der Waals surface area contributed by atoms with Gasteiger partial charge in [-0.25, -0.2) is 0 Å². The van der Waals surface area contributed by atoms with E-state index in [-0.39, 0.29) is 0 Å². The Morgan fingerprint density at radius 2 is 1.65 bits per heavy atom. The summed E-state index contributed by atoms with van der Waals surface area (Å²) in [6, 6.07) is 11.8. The molecule has 0 saturated heterocycles. The molecule has 120 valence electrons. The van der Waals surface area contributed by atoms with Gasteiger partial charge in [0, 0.05) is 0 Å². The molecular formula is C19H23N3O. The van der Waals surface area contributed by atoms with Crippen molar-refractivity contribution in [3.8, 4) is 11.4 Å². The summed E-state index contributed by atoms with van der Waals surface area (Å²) < 4.78 is 0. The van der Waals surface area contributed by atoms with Crippen molar-refractivity contribution in [3.63, 3.8) is 0 Å². The van der Waals surface area contributed by atoms with Gasteiger partial charge in [0.05, 0.1) is 0 Å². The summed E-state index contributed by atoms with van der Waals surface area (Å²) in [4.78, 5) is 1.56. The van der Waals surface area contributed by atoms with Crippen LogP contribution < -0.4 is 0 Å². The molecule has 3 rings (SSSR count). The van der Waals surface area contributed by atoms with Gasteiger partial charge in [-0.1, -0.05) is 50.5 Å². The normalized spacial score (nSPS) is 11.2. The Morgan fingerprint density at radius 1 is 0.957 bits per heavy atom. The minimum atomic E-state index is 0.307. The van der Waals surface area contributed by atoms with Crippen LogP contribution in [0, 0.1) is 6.92 Å². The molecule has 1 N–H and O–H groups in total. The first-order valence-corrected chi connectivity index (χ1v) is 8.34. The third-order valence-corrected chi connectivity index (χ3v) is 4.22. The van der Waals surface area contributed by atoms with Crippen LogP contribution in [0.3, 0.4) is 0 Å². The smallest absolute Gasteiger partial charge is 0.146 e. The van der Waals surface area contributed by atoms with E-state index in [0.717, 1.165) is 35.0 Å². The molecule has 3 aromatic rings. The maximum absolute atomic E-state index is 10.7. The highest BCUT2D eigenvalue weighted by Crippen LogP contribution is 2.30. The number of hydrogen-bond acceptors (Lipinski definition) is 3. The number of phenolic OH excluding ortho intramolecular Hbond substituents is 1. The lowest BCUT2D eigenvalue weighted by Gasteiger charge is -2.11. The second-order valence-corrected chi connectivity index (χ2v) is 6.03. The average Bonchev–Trinajstić information content (AvgIpc) is 2.97. The Hall–Kier alpha value is -2.36. The number of phenols is 1. The number of unbranched alkanes of at least 4 members (excludes halogenated alkanes) is 3. The van der Waals surface area contributed by atoms with Crippen molar-refractivity contribution in [1.29, 1.82) is 0 Å². The third kappa shape index (κ3) is 3.21. The van der Waals surface area contributed by atoms with Gasteiger partial charge >= 0.3 is 0 Å². The zero-order valence-electron chi connectivity index (χ0n) is 13.8. The molecule has 4 nitrogen and oxygen atoms in total. The molecule has 0 fully saturated rings. The minimum absolute atomic E-state index is 0.307. The molecule has 0 atom stereocenters. The number of aromatic nitrogens is 3. The predicted molar refractivity (Wildman–Crippen MR) is 93.1 cm³/mol.